The third-order valence-electron chi connectivity index (χ3n) is 3.42. The molecule has 0 amide bonds. The molecule has 17 heavy (non-hydrogen) atoms. The smallest absolute Gasteiger partial charge is 0.146 e. The van der Waals surface area contributed by atoms with E-state index in [-0.39, 0.29) is 0 Å². The van der Waals surface area contributed by atoms with E-state index in [0.717, 1.165) is 18.3 Å². The van der Waals surface area contributed by atoms with Gasteiger partial charge in [-0.25, -0.2) is 9.97 Å². The van der Waals surface area contributed by atoms with Gasteiger partial charge in [-0.15, -0.1) is 0 Å². The number of aromatic nitrogens is 2. The summed E-state index contributed by atoms with van der Waals surface area (Å²) in [5.41, 5.74) is 5.53. The van der Waals surface area contributed by atoms with Gasteiger partial charge in [0.15, 0.2) is 0 Å². The molecule has 0 bridgehead atoms. The van der Waals surface area contributed by atoms with Crippen LogP contribution in [0.5, 0.6) is 0 Å². The predicted octanol–water partition coefficient (Wildman–Crippen LogP) is 0.837. The SMILES string of the molecule is CN1CCC(CN(C)c2cnc(N)cn2)CC1. The van der Waals surface area contributed by atoms with Crippen LogP contribution in [-0.4, -0.2) is 48.6 Å². The minimum Gasteiger partial charge on any atom is -0.382 e. The minimum absolute atomic E-state index is 0.474. The van der Waals surface area contributed by atoms with Crippen LogP contribution in [0.4, 0.5) is 11.6 Å². The van der Waals surface area contributed by atoms with Gasteiger partial charge < -0.3 is 15.5 Å². The second-order valence-electron chi connectivity index (χ2n) is 4.93. The molecule has 1 fully saturated rings. The van der Waals surface area contributed by atoms with Crippen LogP contribution in [-0.2, 0) is 0 Å². The Labute approximate surface area is 103 Å². The van der Waals surface area contributed by atoms with Gasteiger partial charge in [-0.3, -0.25) is 0 Å². The van der Waals surface area contributed by atoms with E-state index in [1.807, 2.05) is 0 Å². The van der Waals surface area contributed by atoms with E-state index < -0.39 is 0 Å². The molecule has 5 nitrogen and oxygen atoms in total. The van der Waals surface area contributed by atoms with Crippen molar-refractivity contribution in [3.8, 4) is 0 Å². The second-order valence-corrected chi connectivity index (χ2v) is 4.93. The molecule has 5 heteroatoms. The number of hydrogen-bond donors (Lipinski definition) is 1. The van der Waals surface area contributed by atoms with E-state index >= 15 is 0 Å². The maximum absolute atomic E-state index is 5.53. The van der Waals surface area contributed by atoms with E-state index in [0.29, 0.717) is 5.82 Å². The Hall–Kier alpha value is -1.36. The van der Waals surface area contributed by atoms with Crippen molar-refractivity contribution in [3.05, 3.63) is 12.4 Å². The summed E-state index contributed by atoms with van der Waals surface area (Å²) in [5, 5.41) is 0. The van der Waals surface area contributed by atoms with Gasteiger partial charge in [0.25, 0.3) is 0 Å². The molecule has 2 N–H and O–H groups in total. The summed E-state index contributed by atoms with van der Waals surface area (Å²) in [6.07, 6.45) is 5.89. The Kier molecular flexibility index (Phi) is 3.78. The van der Waals surface area contributed by atoms with E-state index in [1.54, 1.807) is 12.4 Å². The second kappa shape index (κ2) is 5.31. The first-order valence-electron chi connectivity index (χ1n) is 6.12. The molecule has 0 saturated carbocycles. The fourth-order valence-electron chi connectivity index (χ4n) is 2.25. The molecule has 94 valence electrons. The number of nitrogen functional groups attached to an aromatic ring is 1. The van der Waals surface area contributed by atoms with Crippen molar-refractivity contribution < 1.29 is 0 Å². The summed E-state index contributed by atoms with van der Waals surface area (Å²) in [6.45, 7) is 3.45. The van der Waals surface area contributed by atoms with E-state index in [4.69, 9.17) is 5.73 Å². The predicted molar refractivity (Wildman–Crippen MR) is 69.9 cm³/mol. The maximum Gasteiger partial charge on any atom is 0.146 e. The van der Waals surface area contributed by atoms with Gasteiger partial charge in [-0.1, -0.05) is 0 Å². The van der Waals surface area contributed by atoms with Gasteiger partial charge in [0.1, 0.15) is 11.6 Å². The van der Waals surface area contributed by atoms with E-state index in [1.165, 1.54) is 25.9 Å². The molecule has 1 aliphatic heterocycles. The van der Waals surface area contributed by atoms with Crippen LogP contribution in [0.15, 0.2) is 12.4 Å². The van der Waals surface area contributed by atoms with Crippen LogP contribution in [0.1, 0.15) is 12.8 Å². The molecular formula is C12H21N5. The first kappa shape index (κ1) is 12.1. The first-order valence-corrected chi connectivity index (χ1v) is 6.12. The van der Waals surface area contributed by atoms with Crippen LogP contribution < -0.4 is 10.6 Å². The zero-order valence-corrected chi connectivity index (χ0v) is 10.6. The third-order valence-corrected chi connectivity index (χ3v) is 3.42. The number of rotatable bonds is 3. The van der Waals surface area contributed by atoms with Crippen LogP contribution in [0.2, 0.25) is 0 Å². The van der Waals surface area contributed by atoms with E-state index in [9.17, 15) is 0 Å². The lowest BCUT2D eigenvalue weighted by atomic mass is 9.97. The van der Waals surface area contributed by atoms with Crippen molar-refractivity contribution in [2.24, 2.45) is 5.92 Å². The molecular weight excluding hydrogens is 214 g/mol. The molecule has 2 rings (SSSR count). The molecule has 0 aliphatic carbocycles. The van der Waals surface area contributed by atoms with Crippen molar-refractivity contribution in [2.45, 2.75) is 12.8 Å². The number of nitrogens with two attached hydrogens (primary N) is 1. The van der Waals surface area contributed by atoms with Gasteiger partial charge >= 0.3 is 0 Å². The van der Waals surface area contributed by atoms with E-state index in [2.05, 4.69) is 33.9 Å². The largest absolute Gasteiger partial charge is 0.382 e. The average molecular weight is 235 g/mol. The number of nitrogens with zero attached hydrogens (tertiary/aromatic N) is 4. The Balaban J connectivity index is 1.88. The number of likely N-dealkylation sites (tertiary alicyclic amines) is 1. The molecule has 0 atom stereocenters. The van der Waals surface area contributed by atoms with Crippen LogP contribution in [0.25, 0.3) is 0 Å². The molecule has 1 aliphatic rings. The third kappa shape index (κ3) is 3.30. The average Bonchev–Trinajstić information content (AvgIpc) is 2.33. The summed E-state index contributed by atoms with van der Waals surface area (Å²) >= 11 is 0. The van der Waals surface area contributed by atoms with Crippen molar-refractivity contribution >= 4 is 11.6 Å². The molecule has 0 spiro atoms. The highest BCUT2D eigenvalue weighted by atomic mass is 15.2. The van der Waals surface area contributed by atoms with Crippen molar-refractivity contribution in [2.75, 3.05) is 44.4 Å². The molecule has 0 radical (unpaired) electrons. The highest BCUT2D eigenvalue weighted by molar-refractivity contribution is 5.38. The fourth-order valence-corrected chi connectivity index (χ4v) is 2.25. The zero-order valence-electron chi connectivity index (χ0n) is 10.6. The Morgan fingerprint density at radius 2 is 2.06 bits per heavy atom. The van der Waals surface area contributed by atoms with Crippen LogP contribution in [0, 0.1) is 5.92 Å². The summed E-state index contributed by atoms with van der Waals surface area (Å²) in [6, 6.07) is 0. The summed E-state index contributed by atoms with van der Waals surface area (Å²) < 4.78 is 0. The lowest BCUT2D eigenvalue weighted by Gasteiger charge is -2.31. The Morgan fingerprint density at radius 1 is 1.35 bits per heavy atom. The quantitative estimate of drug-likeness (QED) is 0.841. The molecule has 0 aromatic carbocycles. The van der Waals surface area contributed by atoms with Crippen molar-refractivity contribution in [3.63, 3.8) is 0 Å². The topological polar surface area (TPSA) is 58.3 Å². The number of anilines is 2. The Morgan fingerprint density at radius 3 is 2.65 bits per heavy atom. The number of piperidine rings is 1. The maximum atomic E-state index is 5.53. The van der Waals surface area contributed by atoms with Gasteiger partial charge in [0.2, 0.25) is 0 Å². The molecule has 0 unspecified atom stereocenters. The summed E-state index contributed by atoms with van der Waals surface area (Å²) in [4.78, 5) is 12.9. The zero-order chi connectivity index (χ0) is 12.3. The lowest BCUT2D eigenvalue weighted by molar-refractivity contribution is 0.222. The highest BCUT2D eigenvalue weighted by Gasteiger charge is 2.18. The van der Waals surface area contributed by atoms with Gasteiger partial charge in [-0.2, -0.15) is 0 Å². The van der Waals surface area contributed by atoms with Gasteiger partial charge in [-0.05, 0) is 38.9 Å². The molecule has 1 aromatic rings. The monoisotopic (exact) mass is 235 g/mol. The minimum atomic E-state index is 0.474. The van der Waals surface area contributed by atoms with Gasteiger partial charge in [0, 0.05) is 13.6 Å². The van der Waals surface area contributed by atoms with Gasteiger partial charge in [0.05, 0.1) is 12.4 Å². The summed E-state index contributed by atoms with van der Waals surface area (Å²) in [7, 11) is 4.25. The van der Waals surface area contributed by atoms with Crippen molar-refractivity contribution in [1.82, 2.24) is 14.9 Å². The first-order chi connectivity index (χ1) is 8.15. The fraction of sp³-hybridized carbons (Fsp3) is 0.667. The van der Waals surface area contributed by atoms with Crippen LogP contribution >= 0.6 is 0 Å². The highest BCUT2D eigenvalue weighted by Crippen LogP contribution is 2.19. The number of hydrogen-bond acceptors (Lipinski definition) is 5. The normalized spacial score (nSPS) is 18.2. The molecule has 2 heterocycles. The molecule has 1 saturated heterocycles. The lowest BCUT2D eigenvalue weighted by Crippen LogP contribution is -2.36. The van der Waals surface area contributed by atoms with Crippen LogP contribution in [0.3, 0.4) is 0 Å². The Bertz CT molecular complexity index is 342. The molecule has 1 aromatic heterocycles. The summed E-state index contributed by atoms with van der Waals surface area (Å²) in [5.74, 6) is 2.13. The standard InChI is InChI=1S/C12H21N5/c1-16-5-3-10(4-6-16)9-17(2)12-8-14-11(13)7-15-12/h7-8,10H,3-6,9H2,1-2H3,(H2,13,14). The van der Waals surface area contributed by atoms with Crippen molar-refractivity contribution in [1.29, 1.82) is 0 Å².